The lowest BCUT2D eigenvalue weighted by Crippen LogP contribution is -2.30. The van der Waals surface area contributed by atoms with Crippen LogP contribution in [0.15, 0.2) is 18.2 Å². The zero-order chi connectivity index (χ0) is 14.4. The zero-order valence-corrected chi connectivity index (χ0v) is 12.3. The van der Waals surface area contributed by atoms with Crippen molar-refractivity contribution in [3.8, 4) is 5.75 Å². The fourth-order valence-corrected chi connectivity index (χ4v) is 3.12. The summed E-state index contributed by atoms with van der Waals surface area (Å²) in [6.07, 6.45) is 2.20. The van der Waals surface area contributed by atoms with Crippen molar-refractivity contribution in [3.63, 3.8) is 0 Å². The molecule has 1 saturated heterocycles. The van der Waals surface area contributed by atoms with Crippen LogP contribution in [0.5, 0.6) is 5.75 Å². The number of methoxy groups -OCH3 is 1. The first kappa shape index (κ1) is 15.1. The summed E-state index contributed by atoms with van der Waals surface area (Å²) in [5.41, 5.74) is 0.555. The Balaban J connectivity index is 1.81. The Morgan fingerprint density at radius 1 is 1.50 bits per heavy atom. The number of rotatable bonds is 5. The standard InChI is InChI=1S/C14H19FN2O2S/c1-19-13-8-10(2-3-12(13)15)17-14(18)9-20-11-4-6-16-7-5-11/h2-3,8,11,16H,4-7,9H2,1H3,(H,17,18). The van der Waals surface area contributed by atoms with E-state index in [1.54, 1.807) is 11.8 Å². The summed E-state index contributed by atoms with van der Waals surface area (Å²) in [6, 6.07) is 4.31. The summed E-state index contributed by atoms with van der Waals surface area (Å²) >= 11 is 1.68. The molecule has 0 aliphatic carbocycles. The van der Waals surface area contributed by atoms with Gasteiger partial charge in [-0.1, -0.05) is 0 Å². The van der Waals surface area contributed by atoms with Gasteiger partial charge in [0.15, 0.2) is 11.6 Å². The fourth-order valence-electron chi connectivity index (χ4n) is 2.09. The van der Waals surface area contributed by atoms with E-state index >= 15 is 0 Å². The quantitative estimate of drug-likeness (QED) is 0.875. The largest absolute Gasteiger partial charge is 0.494 e. The average molecular weight is 298 g/mol. The summed E-state index contributed by atoms with van der Waals surface area (Å²) in [7, 11) is 1.40. The van der Waals surface area contributed by atoms with E-state index in [9.17, 15) is 9.18 Å². The molecule has 0 aromatic heterocycles. The van der Waals surface area contributed by atoms with Crippen molar-refractivity contribution in [1.29, 1.82) is 0 Å². The number of hydrogen-bond acceptors (Lipinski definition) is 4. The number of carbonyl (C=O) groups excluding carboxylic acids is 1. The maximum atomic E-state index is 13.3. The van der Waals surface area contributed by atoms with E-state index in [1.165, 1.54) is 25.3 Å². The highest BCUT2D eigenvalue weighted by atomic mass is 32.2. The molecule has 1 aromatic carbocycles. The van der Waals surface area contributed by atoms with Crippen molar-refractivity contribution in [2.24, 2.45) is 0 Å². The third-order valence-electron chi connectivity index (χ3n) is 3.17. The number of amides is 1. The first-order valence-corrected chi connectivity index (χ1v) is 7.69. The van der Waals surface area contributed by atoms with Crippen LogP contribution in [0.2, 0.25) is 0 Å². The molecule has 1 amide bonds. The zero-order valence-electron chi connectivity index (χ0n) is 11.4. The SMILES string of the molecule is COc1cc(NC(=O)CSC2CCNCC2)ccc1F. The van der Waals surface area contributed by atoms with Crippen molar-refractivity contribution < 1.29 is 13.9 Å². The molecule has 1 heterocycles. The lowest BCUT2D eigenvalue weighted by atomic mass is 10.2. The number of nitrogens with one attached hydrogen (secondary N) is 2. The monoisotopic (exact) mass is 298 g/mol. The topological polar surface area (TPSA) is 50.4 Å². The van der Waals surface area contributed by atoms with Crippen molar-refractivity contribution in [3.05, 3.63) is 24.0 Å². The van der Waals surface area contributed by atoms with Gasteiger partial charge in [-0.3, -0.25) is 4.79 Å². The Morgan fingerprint density at radius 3 is 2.95 bits per heavy atom. The Labute approximate surface area is 122 Å². The van der Waals surface area contributed by atoms with Crippen molar-refractivity contribution in [2.45, 2.75) is 18.1 Å². The Kier molecular flexibility index (Phi) is 5.67. The number of benzene rings is 1. The molecule has 2 N–H and O–H groups in total. The van der Waals surface area contributed by atoms with Crippen LogP contribution < -0.4 is 15.4 Å². The Bertz CT molecular complexity index is 464. The molecular formula is C14H19FN2O2S. The highest BCUT2D eigenvalue weighted by Gasteiger charge is 2.15. The molecule has 6 heteroatoms. The molecule has 2 rings (SSSR count). The van der Waals surface area contributed by atoms with Crippen LogP contribution in [0.1, 0.15) is 12.8 Å². The van der Waals surface area contributed by atoms with Gasteiger partial charge in [0.25, 0.3) is 0 Å². The van der Waals surface area contributed by atoms with Gasteiger partial charge in [-0.25, -0.2) is 4.39 Å². The first-order valence-electron chi connectivity index (χ1n) is 6.65. The summed E-state index contributed by atoms with van der Waals surface area (Å²) in [5, 5.41) is 6.60. The normalized spacial score (nSPS) is 15.9. The predicted octanol–water partition coefficient (Wildman–Crippen LogP) is 2.26. The van der Waals surface area contributed by atoms with Gasteiger partial charge in [0.1, 0.15) is 0 Å². The van der Waals surface area contributed by atoms with Gasteiger partial charge < -0.3 is 15.4 Å². The predicted molar refractivity (Wildman–Crippen MR) is 79.9 cm³/mol. The van der Waals surface area contributed by atoms with Crippen LogP contribution in [0, 0.1) is 5.82 Å². The van der Waals surface area contributed by atoms with Gasteiger partial charge in [-0.2, -0.15) is 0 Å². The molecule has 4 nitrogen and oxygen atoms in total. The second-order valence-electron chi connectivity index (χ2n) is 4.66. The first-order chi connectivity index (χ1) is 9.69. The van der Waals surface area contributed by atoms with Gasteiger partial charge in [0, 0.05) is 17.0 Å². The van der Waals surface area contributed by atoms with E-state index in [-0.39, 0.29) is 11.7 Å². The summed E-state index contributed by atoms with van der Waals surface area (Å²) in [4.78, 5) is 11.9. The molecule has 110 valence electrons. The third-order valence-corrected chi connectivity index (χ3v) is 4.54. The lowest BCUT2D eigenvalue weighted by Gasteiger charge is -2.21. The molecule has 1 aliphatic heterocycles. The van der Waals surface area contributed by atoms with Crippen LogP contribution in [-0.2, 0) is 4.79 Å². The van der Waals surface area contributed by atoms with Crippen LogP contribution in [0.25, 0.3) is 0 Å². The smallest absolute Gasteiger partial charge is 0.234 e. The summed E-state index contributed by atoms with van der Waals surface area (Å²) < 4.78 is 18.1. The molecule has 1 aromatic rings. The van der Waals surface area contributed by atoms with Crippen molar-refractivity contribution in [1.82, 2.24) is 5.32 Å². The van der Waals surface area contributed by atoms with Gasteiger partial charge >= 0.3 is 0 Å². The Morgan fingerprint density at radius 2 is 2.25 bits per heavy atom. The summed E-state index contributed by atoms with van der Waals surface area (Å²) in [6.45, 7) is 2.04. The third kappa shape index (κ3) is 4.38. The second-order valence-corrected chi connectivity index (χ2v) is 5.95. The van der Waals surface area contributed by atoms with Gasteiger partial charge in [-0.15, -0.1) is 11.8 Å². The van der Waals surface area contributed by atoms with E-state index in [2.05, 4.69) is 10.6 Å². The minimum absolute atomic E-state index is 0.0674. The van der Waals surface area contributed by atoms with Gasteiger partial charge in [0.2, 0.25) is 5.91 Å². The van der Waals surface area contributed by atoms with Crippen LogP contribution in [-0.4, -0.2) is 37.1 Å². The molecule has 1 fully saturated rings. The molecule has 1 aliphatic rings. The molecule has 0 unspecified atom stereocenters. The molecule has 0 saturated carbocycles. The molecular weight excluding hydrogens is 279 g/mol. The maximum absolute atomic E-state index is 13.3. The van der Waals surface area contributed by atoms with E-state index in [4.69, 9.17) is 4.74 Å². The number of anilines is 1. The molecule has 0 radical (unpaired) electrons. The Hall–Kier alpha value is -1.27. The maximum Gasteiger partial charge on any atom is 0.234 e. The van der Waals surface area contributed by atoms with E-state index in [0.29, 0.717) is 16.7 Å². The number of ether oxygens (including phenoxy) is 1. The van der Waals surface area contributed by atoms with Crippen LogP contribution in [0.3, 0.4) is 0 Å². The van der Waals surface area contributed by atoms with E-state index in [0.717, 1.165) is 25.9 Å². The highest BCUT2D eigenvalue weighted by molar-refractivity contribution is 8.00. The number of carbonyl (C=O) groups is 1. The van der Waals surface area contributed by atoms with Crippen molar-refractivity contribution in [2.75, 3.05) is 31.3 Å². The molecule has 0 bridgehead atoms. The lowest BCUT2D eigenvalue weighted by molar-refractivity contribution is -0.113. The number of piperidine rings is 1. The summed E-state index contributed by atoms with van der Waals surface area (Å²) in [5.74, 6) is 0.0512. The van der Waals surface area contributed by atoms with Gasteiger partial charge in [-0.05, 0) is 38.1 Å². The number of halogens is 1. The second kappa shape index (κ2) is 7.50. The van der Waals surface area contributed by atoms with Crippen LogP contribution in [0.4, 0.5) is 10.1 Å². The minimum atomic E-state index is -0.436. The molecule has 20 heavy (non-hydrogen) atoms. The minimum Gasteiger partial charge on any atom is -0.494 e. The fraction of sp³-hybridized carbons (Fsp3) is 0.500. The average Bonchev–Trinajstić information content (AvgIpc) is 2.48. The van der Waals surface area contributed by atoms with Gasteiger partial charge in [0.05, 0.1) is 12.9 Å². The van der Waals surface area contributed by atoms with E-state index < -0.39 is 5.82 Å². The molecule has 0 spiro atoms. The number of thioether (sulfide) groups is 1. The molecule has 0 atom stereocenters. The van der Waals surface area contributed by atoms with E-state index in [1.807, 2.05) is 0 Å². The van der Waals surface area contributed by atoms with Crippen molar-refractivity contribution >= 4 is 23.4 Å². The van der Waals surface area contributed by atoms with Crippen LogP contribution >= 0.6 is 11.8 Å². The highest BCUT2D eigenvalue weighted by Crippen LogP contribution is 2.23. The number of hydrogen-bond donors (Lipinski definition) is 2.